The Bertz CT molecular complexity index is 631. The summed E-state index contributed by atoms with van der Waals surface area (Å²) >= 11 is 0. The Kier molecular flexibility index (Phi) is 4.12. The minimum absolute atomic E-state index is 0.237. The molecule has 0 radical (unpaired) electrons. The van der Waals surface area contributed by atoms with E-state index in [2.05, 4.69) is 37.2 Å². The minimum atomic E-state index is -0.893. The molecule has 0 bridgehead atoms. The van der Waals surface area contributed by atoms with E-state index in [1.54, 1.807) is 12.1 Å². The monoisotopic (exact) mass is 274 g/mol. The van der Waals surface area contributed by atoms with Crippen LogP contribution in [0.15, 0.2) is 18.2 Å². The lowest BCUT2D eigenvalue weighted by molar-refractivity contribution is 0.0698. The maximum atomic E-state index is 11.5. The first-order valence-electron chi connectivity index (χ1n) is 7.24. The van der Waals surface area contributed by atoms with E-state index in [1.807, 2.05) is 6.07 Å². The Morgan fingerprint density at radius 1 is 1.35 bits per heavy atom. The Morgan fingerprint density at radius 3 is 2.60 bits per heavy atom. The van der Waals surface area contributed by atoms with E-state index < -0.39 is 5.97 Å². The van der Waals surface area contributed by atoms with Gasteiger partial charge in [0.2, 0.25) is 0 Å². The number of carbonyl (C=O) groups is 1. The highest BCUT2D eigenvalue weighted by Crippen LogP contribution is 2.29. The van der Waals surface area contributed by atoms with Gasteiger partial charge in [-0.1, -0.05) is 33.3 Å². The number of fused-ring (bicyclic) bond motifs is 1. The van der Waals surface area contributed by atoms with Gasteiger partial charge in [-0.05, 0) is 25.0 Å². The van der Waals surface area contributed by atoms with Crippen molar-refractivity contribution in [3.05, 3.63) is 29.6 Å². The van der Waals surface area contributed by atoms with Crippen LogP contribution in [0.4, 0.5) is 0 Å². The minimum Gasteiger partial charge on any atom is -0.478 e. The predicted octanol–water partition coefficient (Wildman–Crippen LogP) is 3.90. The van der Waals surface area contributed by atoms with Gasteiger partial charge in [-0.2, -0.15) is 0 Å². The normalized spacial score (nSPS) is 14.4. The van der Waals surface area contributed by atoms with Crippen LogP contribution in [0.1, 0.15) is 56.3 Å². The first kappa shape index (κ1) is 14.6. The molecule has 2 rings (SSSR count). The first-order valence-corrected chi connectivity index (χ1v) is 7.24. The number of carboxylic acid groups (broad SMARTS) is 1. The molecule has 2 aromatic rings. The number of para-hydroxylation sites is 1. The molecule has 0 amide bonds. The van der Waals surface area contributed by atoms with E-state index in [-0.39, 0.29) is 6.04 Å². The van der Waals surface area contributed by atoms with Crippen LogP contribution in [0.5, 0.6) is 0 Å². The number of carboxylic acids is 1. The van der Waals surface area contributed by atoms with E-state index >= 15 is 0 Å². The number of hydrogen-bond acceptors (Lipinski definition) is 2. The van der Waals surface area contributed by atoms with E-state index in [1.165, 1.54) is 0 Å². The second kappa shape index (κ2) is 5.65. The van der Waals surface area contributed by atoms with Gasteiger partial charge in [0.15, 0.2) is 0 Å². The van der Waals surface area contributed by atoms with Crippen LogP contribution in [0.3, 0.4) is 0 Å². The van der Waals surface area contributed by atoms with Crippen LogP contribution in [0.2, 0.25) is 0 Å². The molecule has 0 aliphatic heterocycles. The van der Waals surface area contributed by atoms with Crippen molar-refractivity contribution in [3.63, 3.8) is 0 Å². The quantitative estimate of drug-likeness (QED) is 0.899. The van der Waals surface area contributed by atoms with Crippen molar-refractivity contribution in [1.82, 2.24) is 9.55 Å². The van der Waals surface area contributed by atoms with Crippen molar-refractivity contribution in [2.75, 3.05) is 0 Å². The van der Waals surface area contributed by atoms with Crippen molar-refractivity contribution in [1.29, 1.82) is 0 Å². The second-order valence-electron chi connectivity index (χ2n) is 5.36. The van der Waals surface area contributed by atoms with Gasteiger partial charge < -0.3 is 9.67 Å². The smallest absolute Gasteiger partial charge is 0.337 e. The molecular formula is C16H22N2O2. The van der Waals surface area contributed by atoms with Crippen LogP contribution in [-0.2, 0) is 6.42 Å². The number of imidazole rings is 1. The maximum Gasteiger partial charge on any atom is 0.337 e. The topological polar surface area (TPSA) is 55.1 Å². The number of aryl methyl sites for hydroxylation is 1. The summed E-state index contributed by atoms with van der Waals surface area (Å²) in [6.07, 6.45) is 1.85. The summed E-state index contributed by atoms with van der Waals surface area (Å²) in [5.74, 6) is 0.539. The van der Waals surface area contributed by atoms with Gasteiger partial charge in [-0.3, -0.25) is 0 Å². The standard InChI is InChI=1S/C16H22N2O2/c1-5-10(3)11(4)18-14(6-2)17-13-9-7-8-12(15(13)18)16(19)20/h7-11H,5-6H2,1-4H3,(H,19,20). The van der Waals surface area contributed by atoms with Crippen LogP contribution >= 0.6 is 0 Å². The third-order valence-electron chi connectivity index (χ3n) is 4.20. The SMILES string of the molecule is CCc1nc2cccc(C(=O)O)c2n1C(C)C(C)CC. The highest BCUT2D eigenvalue weighted by Gasteiger charge is 2.22. The molecule has 0 spiro atoms. The largest absolute Gasteiger partial charge is 0.478 e. The summed E-state index contributed by atoms with van der Waals surface area (Å²) in [5, 5.41) is 9.43. The average molecular weight is 274 g/mol. The summed E-state index contributed by atoms with van der Waals surface area (Å²) in [6.45, 7) is 8.55. The Morgan fingerprint density at radius 2 is 2.05 bits per heavy atom. The van der Waals surface area contributed by atoms with Gasteiger partial charge in [0.05, 0.1) is 16.6 Å². The van der Waals surface area contributed by atoms with Crippen molar-refractivity contribution in [2.24, 2.45) is 5.92 Å². The summed E-state index contributed by atoms with van der Waals surface area (Å²) in [7, 11) is 0. The number of aromatic nitrogens is 2. The van der Waals surface area contributed by atoms with E-state index in [4.69, 9.17) is 0 Å². The van der Waals surface area contributed by atoms with Crippen LogP contribution in [0.25, 0.3) is 11.0 Å². The average Bonchev–Trinajstić information content (AvgIpc) is 2.83. The number of aromatic carboxylic acids is 1. The summed E-state index contributed by atoms with van der Waals surface area (Å²) < 4.78 is 2.12. The molecule has 20 heavy (non-hydrogen) atoms. The lowest BCUT2D eigenvalue weighted by Gasteiger charge is -2.23. The highest BCUT2D eigenvalue weighted by molar-refractivity contribution is 6.01. The summed E-state index contributed by atoms with van der Waals surface area (Å²) in [4.78, 5) is 16.1. The van der Waals surface area contributed by atoms with E-state index in [9.17, 15) is 9.90 Å². The molecule has 4 heteroatoms. The second-order valence-corrected chi connectivity index (χ2v) is 5.36. The fraction of sp³-hybridized carbons (Fsp3) is 0.500. The molecule has 0 aliphatic carbocycles. The van der Waals surface area contributed by atoms with Gasteiger partial charge in [0, 0.05) is 12.5 Å². The Hall–Kier alpha value is -1.84. The zero-order valence-corrected chi connectivity index (χ0v) is 12.6. The lowest BCUT2D eigenvalue weighted by atomic mass is 10.00. The van der Waals surface area contributed by atoms with Gasteiger partial charge in [0.1, 0.15) is 5.82 Å². The molecule has 2 unspecified atom stereocenters. The van der Waals surface area contributed by atoms with Crippen LogP contribution in [-0.4, -0.2) is 20.6 Å². The molecule has 2 atom stereocenters. The third kappa shape index (κ3) is 2.30. The molecule has 1 N–H and O–H groups in total. The van der Waals surface area contributed by atoms with Gasteiger partial charge >= 0.3 is 5.97 Å². The van der Waals surface area contributed by atoms with Gasteiger partial charge in [-0.25, -0.2) is 9.78 Å². The molecule has 1 heterocycles. The predicted molar refractivity (Wildman–Crippen MR) is 80.2 cm³/mol. The van der Waals surface area contributed by atoms with Gasteiger partial charge in [0.25, 0.3) is 0 Å². The van der Waals surface area contributed by atoms with Crippen LogP contribution in [0, 0.1) is 5.92 Å². The molecule has 0 saturated heterocycles. The molecule has 0 fully saturated rings. The Balaban J connectivity index is 2.75. The fourth-order valence-corrected chi connectivity index (χ4v) is 2.65. The van der Waals surface area contributed by atoms with Crippen molar-refractivity contribution in [2.45, 2.75) is 46.6 Å². The molecular weight excluding hydrogens is 252 g/mol. The molecule has 1 aromatic carbocycles. The Labute approximate surface area is 119 Å². The third-order valence-corrected chi connectivity index (χ3v) is 4.20. The first-order chi connectivity index (χ1) is 9.51. The zero-order valence-electron chi connectivity index (χ0n) is 12.6. The fourth-order valence-electron chi connectivity index (χ4n) is 2.65. The van der Waals surface area contributed by atoms with Crippen LogP contribution < -0.4 is 0 Å². The lowest BCUT2D eigenvalue weighted by Crippen LogP contribution is -2.17. The van der Waals surface area contributed by atoms with E-state index in [0.29, 0.717) is 11.5 Å². The van der Waals surface area contributed by atoms with E-state index in [0.717, 1.165) is 29.7 Å². The number of rotatable bonds is 5. The summed E-state index contributed by atoms with van der Waals surface area (Å²) in [6, 6.07) is 5.54. The molecule has 1 aromatic heterocycles. The molecule has 4 nitrogen and oxygen atoms in total. The van der Waals surface area contributed by atoms with Crippen molar-refractivity contribution < 1.29 is 9.90 Å². The maximum absolute atomic E-state index is 11.5. The zero-order chi connectivity index (χ0) is 14.9. The van der Waals surface area contributed by atoms with Gasteiger partial charge in [-0.15, -0.1) is 0 Å². The van der Waals surface area contributed by atoms with Crippen molar-refractivity contribution >= 4 is 17.0 Å². The number of benzene rings is 1. The molecule has 108 valence electrons. The highest BCUT2D eigenvalue weighted by atomic mass is 16.4. The molecule has 0 saturated carbocycles. The van der Waals surface area contributed by atoms with Crippen molar-refractivity contribution in [3.8, 4) is 0 Å². The molecule has 0 aliphatic rings. The summed E-state index contributed by atoms with van der Waals surface area (Å²) in [5.41, 5.74) is 1.87. The number of hydrogen-bond donors (Lipinski definition) is 1. The number of nitrogens with zero attached hydrogens (tertiary/aromatic N) is 2.